The zero-order valence-corrected chi connectivity index (χ0v) is 25.6. The minimum Gasteiger partial charge on any atom is -0.478 e. The highest BCUT2D eigenvalue weighted by Gasteiger charge is 2.30. The Balaban J connectivity index is 0.000000611. The van der Waals surface area contributed by atoms with Crippen molar-refractivity contribution in [3.05, 3.63) is 70.3 Å². The Morgan fingerprint density at radius 1 is 0.950 bits per heavy atom. The third-order valence-corrected chi connectivity index (χ3v) is 5.66. The summed E-state index contributed by atoms with van der Waals surface area (Å²) < 4.78 is 8.47. The Hall–Kier alpha value is -3.47. The average molecular weight is 579 g/mol. The first kappa shape index (κ1) is 36.5. The molecule has 0 radical (unpaired) electrons. The van der Waals surface area contributed by atoms with Crippen LogP contribution < -0.4 is 0 Å². The molecule has 0 aromatic carbocycles. The smallest absolute Gasteiger partial charge is 0.337 e. The fourth-order valence-corrected chi connectivity index (χ4v) is 3.94. The van der Waals surface area contributed by atoms with Gasteiger partial charge in [0.25, 0.3) is 0 Å². The van der Waals surface area contributed by atoms with Gasteiger partial charge in [0.1, 0.15) is 0 Å². The number of aromatic nitrogens is 4. The molecule has 1 atom stereocenters. The standard InChI is InChI=1S/C11H11ClN2O3.C11H10N2O2.3C2H6.CH4O/c1-6(17-2)10-8(11(15)16)4-13-14-5-7(12)3-9(10)14;14-11(15)8-6-12-13-5-1-2-9(13)10(8)7-3-4-7;4*1-2/h3-6H,1-2H3,(H,15,16);1-2,5-7H,3-4H2,(H,14,15);3*1-2H3;2H,1H3. The minimum absolute atomic E-state index is 0.126. The number of rotatable bonds is 5. The Morgan fingerprint density at radius 2 is 1.48 bits per heavy atom. The molecule has 40 heavy (non-hydrogen) atoms. The molecule has 1 saturated carbocycles. The van der Waals surface area contributed by atoms with Gasteiger partial charge in [0.05, 0.1) is 45.7 Å². The van der Waals surface area contributed by atoms with Crippen molar-refractivity contribution in [2.75, 3.05) is 14.2 Å². The van der Waals surface area contributed by atoms with Crippen LogP contribution in [-0.4, -0.2) is 60.7 Å². The van der Waals surface area contributed by atoms with Crippen molar-refractivity contribution in [3.63, 3.8) is 0 Å². The number of methoxy groups -OCH3 is 1. The molecule has 1 unspecified atom stereocenters. The lowest BCUT2D eigenvalue weighted by molar-refractivity contribution is 0.0677. The molecule has 222 valence electrons. The molecule has 0 spiro atoms. The molecule has 4 aromatic rings. The van der Waals surface area contributed by atoms with E-state index in [0.29, 0.717) is 27.6 Å². The number of aliphatic hydroxyl groups is 1. The highest BCUT2D eigenvalue weighted by molar-refractivity contribution is 6.31. The molecule has 0 saturated heterocycles. The van der Waals surface area contributed by atoms with Crippen LogP contribution in [0.25, 0.3) is 11.0 Å². The molecule has 1 aliphatic carbocycles. The summed E-state index contributed by atoms with van der Waals surface area (Å²) in [5, 5.41) is 33.8. The van der Waals surface area contributed by atoms with Crippen LogP contribution in [0.3, 0.4) is 0 Å². The third kappa shape index (κ3) is 9.04. The second-order valence-electron chi connectivity index (χ2n) is 7.53. The van der Waals surface area contributed by atoms with Crippen LogP contribution >= 0.6 is 11.6 Å². The van der Waals surface area contributed by atoms with Gasteiger partial charge in [-0.05, 0) is 49.4 Å². The molecule has 10 nitrogen and oxygen atoms in total. The van der Waals surface area contributed by atoms with Crippen LogP contribution in [0.5, 0.6) is 0 Å². The number of halogens is 1. The molecule has 1 aliphatic rings. The third-order valence-electron chi connectivity index (χ3n) is 5.46. The van der Waals surface area contributed by atoms with Crippen LogP contribution in [0.1, 0.15) is 105 Å². The zero-order chi connectivity index (χ0) is 31.0. The lowest BCUT2D eigenvalue weighted by Gasteiger charge is -2.14. The molecule has 4 heterocycles. The molecule has 3 N–H and O–H groups in total. The Labute approximate surface area is 241 Å². The topological polar surface area (TPSA) is 139 Å². The van der Waals surface area contributed by atoms with Gasteiger partial charge in [-0.25, -0.2) is 18.6 Å². The van der Waals surface area contributed by atoms with Crippen LogP contribution in [0.4, 0.5) is 0 Å². The first-order chi connectivity index (χ1) is 19.3. The largest absolute Gasteiger partial charge is 0.478 e. The molecule has 0 amide bonds. The van der Waals surface area contributed by atoms with Gasteiger partial charge in [-0.2, -0.15) is 10.2 Å². The summed E-state index contributed by atoms with van der Waals surface area (Å²) >= 11 is 5.89. The average Bonchev–Trinajstić information content (AvgIpc) is 3.59. The number of hydrogen-bond acceptors (Lipinski definition) is 6. The number of ether oxygens (including phenoxy) is 1. The summed E-state index contributed by atoms with van der Waals surface area (Å²) in [5.74, 6) is -1.50. The summed E-state index contributed by atoms with van der Waals surface area (Å²) in [6.07, 6.45) is 8.04. The Morgan fingerprint density at radius 3 is 1.98 bits per heavy atom. The van der Waals surface area contributed by atoms with E-state index in [0.717, 1.165) is 31.0 Å². The van der Waals surface area contributed by atoms with Crippen molar-refractivity contribution in [1.82, 2.24) is 19.2 Å². The van der Waals surface area contributed by atoms with E-state index in [4.69, 9.17) is 31.7 Å². The van der Waals surface area contributed by atoms with E-state index in [1.807, 2.05) is 59.9 Å². The molecular weight excluding hydrogens is 536 g/mol. The van der Waals surface area contributed by atoms with E-state index in [9.17, 15) is 9.59 Å². The van der Waals surface area contributed by atoms with Crippen LogP contribution in [0.15, 0.2) is 43.0 Å². The minimum atomic E-state index is -1.03. The normalized spacial score (nSPS) is 12.0. The molecule has 11 heteroatoms. The van der Waals surface area contributed by atoms with Gasteiger partial charge < -0.3 is 20.1 Å². The Bertz CT molecular complexity index is 1330. The first-order valence-electron chi connectivity index (χ1n) is 13.4. The van der Waals surface area contributed by atoms with Gasteiger partial charge >= 0.3 is 11.9 Å². The van der Waals surface area contributed by atoms with Gasteiger partial charge in [0.2, 0.25) is 0 Å². The van der Waals surface area contributed by atoms with Gasteiger partial charge in [0, 0.05) is 32.2 Å². The summed E-state index contributed by atoms with van der Waals surface area (Å²) in [6.45, 7) is 13.8. The van der Waals surface area contributed by atoms with E-state index >= 15 is 0 Å². The summed E-state index contributed by atoms with van der Waals surface area (Å²) in [5.41, 5.74) is 3.57. The maximum absolute atomic E-state index is 11.2. The number of fused-ring (bicyclic) bond motifs is 2. The second-order valence-corrected chi connectivity index (χ2v) is 7.97. The van der Waals surface area contributed by atoms with Crippen molar-refractivity contribution < 1.29 is 29.6 Å². The molecule has 0 aliphatic heterocycles. The van der Waals surface area contributed by atoms with E-state index < -0.39 is 11.9 Å². The van der Waals surface area contributed by atoms with Gasteiger partial charge in [-0.1, -0.05) is 53.1 Å². The summed E-state index contributed by atoms with van der Waals surface area (Å²) in [7, 11) is 2.53. The van der Waals surface area contributed by atoms with Crippen molar-refractivity contribution >= 4 is 34.6 Å². The fourth-order valence-electron chi connectivity index (χ4n) is 3.75. The number of carboxylic acids is 2. The van der Waals surface area contributed by atoms with Crippen LogP contribution in [-0.2, 0) is 4.74 Å². The zero-order valence-electron chi connectivity index (χ0n) is 24.8. The van der Waals surface area contributed by atoms with E-state index in [1.54, 1.807) is 28.2 Å². The number of carboxylic acid groups (broad SMARTS) is 2. The molecule has 4 aromatic heterocycles. The van der Waals surface area contributed by atoms with Crippen molar-refractivity contribution in [1.29, 1.82) is 0 Å². The SMILES string of the molecule is CC.CC.CC.CO.COC(C)c1c(C(=O)O)cnn2cc(Cl)cc12.O=C(O)c1cnn2cccc2c1C1CC1. The highest BCUT2D eigenvalue weighted by atomic mass is 35.5. The predicted molar refractivity (Wildman–Crippen MR) is 159 cm³/mol. The molecule has 0 bridgehead atoms. The number of hydrogen-bond donors (Lipinski definition) is 3. The number of aliphatic hydroxyl groups excluding tert-OH is 1. The quantitative estimate of drug-likeness (QED) is 0.230. The maximum Gasteiger partial charge on any atom is 0.337 e. The lowest BCUT2D eigenvalue weighted by Crippen LogP contribution is -2.10. The van der Waals surface area contributed by atoms with Crippen molar-refractivity contribution in [2.24, 2.45) is 0 Å². The van der Waals surface area contributed by atoms with E-state index in [2.05, 4.69) is 10.2 Å². The number of nitrogens with zero attached hydrogens (tertiary/aromatic N) is 4. The first-order valence-corrected chi connectivity index (χ1v) is 13.8. The number of aromatic carboxylic acids is 2. The van der Waals surface area contributed by atoms with Gasteiger partial charge in [0.15, 0.2) is 0 Å². The number of carbonyl (C=O) groups is 2. The van der Waals surface area contributed by atoms with Crippen molar-refractivity contribution in [3.8, 4) is 0 Å². The second kappa shape index (κ2) is 18.8. The fraction of sp³-hybridized carbons (Fsp3) is 0.448. The predicted octanol–water partition coefficient (Wildman–Crippen LogP) is 6.99. The van der Waals surface area contributed by atoms with Gasteiger partial charge in [-0.3, -0.25) is 0 Å². The molecule has 5 rings (SSSR count). The van der Waals surface area contributed by atoms with Crippen LogP contribution in [0.2, 0.25) is 5.02 Å². The van der Waals surface area contributed by atoms with Crippen molar-refractivity contribution in [2.45, 2.75) is 73.3 Å². The lowest BCUT2D eigenvalue weighted by atomic mass is 10.1. The highest BCUT2D eigenvalue weighted by Crippen LogP contribution is 2.43. The molecule has 1 fully saturated rings. The molecular formula is C29H43ClN4O6. The van der Waals surface area contributed by atoms with E-state index in [-0.39, 0.29) is 11.7 Å². The van der Waals surface area contributed by atoms with E-state index in [1.165, 1.54) is 19.5 Å². The Kier molecular flexibility index (Phi) is 17.1. The summed E-state index contributed by atoms with van der Waals surface area (Å²) in [4.78, 5) is 22.2. The maximum atomic E-state index is 11.2. The summed E-state index contributed by atoms with van der Waals surface area (Å²) in [6, 6.07) is 5.48. The van der Waals surface area contributed by atoms with Gasteiger partial charge in [-0.15, -0.1) is 0 Å². The van der Waals surface area contributed by atoms with Crippen LogP contribution in [0, 0.1) is 0 Å². The monoisotopic (exact) mass is 578 g/mol.